The topological polar surface area (TPSA) is 87.7 Å². The zero-order chi connectivity index (χ0) is 20.0. The van der Waals surface area contributed by atoms with Gasteiger partial charge in [0, 0.05) is 37.4 Å². The van der Waals surface area contributed by atoms with Gasteiger partial charge in [0.15, 0.2) is 0 Å². The quantitative estimate of drug-likeness (QED) is 0.737. The van der Waals surface area contributed by atoms with Crippen LogP contribution in [0.15, 0.2) is 53.4 Å². The van der Waals surface area contributed by atoms with Crippen LogP contribution in [0.4, 0.5) is 5.69 Å². The zero-order valence-electron chi connectivity index (χ0n) is 15.8. The third-order valence-electron chi connectivity index (χ3n) is 4.53. The number of carbonyl (C=O) groups excluding carboxylic acids is 1. The number of amides is 1. The van der Waals surface area contributed by atoms with E-state index >= 15 is 0 Å². The molecule has 1 fully saturated rings. The second-order valence-electron chi connectivity index (χ2n) is 6.71. The van der Waals surface area contributed by atoms with Gasteiger partial charge in [0.05, 0.1) is 18.1 Å². The van der Waals surface area contributed by atoms with Gasteiger partial charge in [-0.1, -0.05) is 23.8 Å². The lowest BCUT2D eigenvalue weighted by atomic mass is 10.2. The molecule has 3 rings (SSSR count). The molecule has 0 aromatic heterocycles. The van der Waals surface area contributed by atoms with Gasteiger partial charge in [-0.25, -0.2) is 8.42 Å². The van der Waals surface area contributed by atoms with Gasteiger partial charge in [-0.2, -0.15) is 0 Å². The first-order valence-corrected chi connectivity index (χ1v) is 10.7. The van der Waals surface area contributed by atoms with Gasteiger partial charge in [0.1, 0.15) is 0 Å². The molecule has 8 heteroatoms. The largest absolute Gasteiger partial charge is 0.379 e. The van der Waals surface area contributed by atoms with E-state index < -0.39 is 10.0 Å². The Labute approximate surface area is 165 Å². The molecule has 1 saturated heterocycles. The van der Waals surface area contributed by atoms with E-state index in [0.29, 0.717) is 17.8 Å². The Bertz CT molecular complexity index is 907. The van der Waals surface area contributed by atoms with Crippen molar-refractivity contribution in [3.05, 3.63) is 59.7 Å². The predicted molar refractivity (Wildman–Crippen MR) is 108 cm³/mol. The summed E-state index contributed by atoms with van der Waals surface area (Å²) in [6, 6.07) is 13.1. The van der Waals surface area contributed by atoms with Crippen molar-refractivity contribution in [2.75, 3.05) is 44.1 Å². The average molecular weight is 404 g/mol. The van der Waals surface area contributed by atoms with Gasteiger partial charge in [0.25, 0.3) is 15.9 Å². The Balaban J connectivity index is 1.59. The van der Waals surface area contributed by atoms with Gasteiger partial charge >= 0.3 is 0 Å². The molecule has 1 amide bonds. The van der Waals surface area contributed by atoms with E-state index in [0.717, 1.165) is 38.4 Å². The molecular formula is C20H25N3O4S. The molecule has 0 radical (unpaired) electrons. The van der Waals surface area contributed by atoms with Crippen LogP contribution in [0.25, 0.3) is 0 Å². The molecule has 2 N–H and O–H groups in total. The third-order valence-corrected chi connectivity index (χ3v) is 5.92. The van der Waals surface area contributed by atoms with Gasteiger partial charge in [0.2, 0.25) is 0 Å². The summed E-state index contributed by atoms with van der Waals surface area (Å²) in [6.07, 6.45) is 0. The molecule has 2 aromatic carbocycles. The van der Waals surface area contributed by atoms with E-state index in [9.17, 15) is 13.2 Å². The molecule has 0 aliphatic carbocycles. The Kier molecular flexibility index (Phi) is 6.66. The van der Waals surface area contributed by atoms with Gasteiger partial charge in [-0.3, -0.25) is 14.4 Å². The fourth-order valence-electron chi connectivity index (χ4n) is 2.91. The second-order valence-corrected chi connectivity index (χ2v) is 8.39. The van der Waals surface area contributed by atoms with E-state index in [4.69, 9.17) is 4.74 Å². The Hall–Kier alpha value is -2.42. The Morgan fingerprint density at radius 3 is 2.54 bits per heavy atom. The van der Waals surface area contributed by atoms with Crippen molar-refractivity contribution in [3.8, 4) is 0 Å². The van der Waals surface area contributed by atoms with Crippen LogP contribution in [-0.4, -0.2) is 58.6 Å². The smallest absolute Gasteiger partial charge is 0.261 e. The molecule has 150 valence electrons. The van der Waals surface area contributed by atoms with Crippen molar-refractivity contribution in [1.82, 2.24) is 10.2 Å². The van der Waals surface area contributed by atoms with Crippen molar-refractivity contribution in [2.24, 2.45) is 0 Å². The highest BCUT2D eigenvalue weighted by Crippen LogP contribution is 2.17. The van der Waals surface area contributed by atoms with E-state index in [2.05, 4.69) is 14.9 Å². The summed E-state index contributed by atoms with van der Waals surface area (Å²) in [6.45, 7) is 6.35. The molecule has 0 unspecified atom stereocenters. The van der Waals surface area contributed by atoms with Crippen molar-refractivity contribution in [2.45, 2.75) is 11.8 Å². The normalized spacial score (nSPS) is 15.2. The molecule has 1 aliphatic heterocycles. The number of nitrogens with one attached hydrogen (secondary N) is 2. The van der Waals surface area contributed by atoms with E-state index in [1.165, 1.54) is 6.07 Å². The van der Waals surface area contributed by atoms with Crippen molar-refractivity contribution in [1.29, 1.82) is 0 Å². The number of benzene rings is 2. The van der Waals surface area contributed by atoms with Gasteiger partial charge in [-0.15, -0.1) is 0 Å². The van der Waals surface area contributed by atoms with Gasteiger partial charge in [-0.05, 0) is 37.3 Å². The summed E-state index contributed by atoms with van der Waals surface area (Å²) in [5, 5.41) is 2.88. The standard InChI is InChI=1S/C20H25N3O4S/c1-16-5-7-19(8-6-16)28(25,26)22-18-4-2-3-17(15-18)20(24)21-9-10-23-11-13-27-14-12-23/h2-8,15,22H,9-14H2,1H3,(H,21,24). The Morgan fingerprint density at radius 2 is 1.82 bits per heavy atom. The molecule has 0 spiro atoms. The van der Waals surface area contributed by atoms with Crippen LogP contribution in [0.2, 0.25) is 0 Å². The summed E-state index contributed by atoms with van der Waals surface area (Å²) < 4.78 is 32.9. The summed E-state index contributed by atoms with van der Waals surface area (Å²) in [4.78, 5) is 14.8. The van der Waals surface area contributed by atoms with Crippen molar-refractivity contribution in [3.63, 3.8) is 0 Å². The highest BCUT2D eigenvalue weighted by atomic mass is 32.2. The first-order chi connectivity index (χ1) is 13.4. The molecule has 0 bridgehead atoms. The van der Waals surface area contributed by atoms with E-state index in [-0.39, 0.29) is 10.8 Å². The van der Waals surface area contributed by atoms with Crippen LogP contribution in [0, 0.1) is 6.92 Å². The third kappa shape index (κ3) is 5.54. The number of anilines is 1. The number of hydrogen-bond donors (Lipinski definition) is 2. The lowest BCUT2D eigenvalue weighted by molar-refractivity contribution is 0.0383. The van der Waals surface area contributed by atoms with E-state index in [1.807, 2.05) is 6.92 Å². The van der Waals surface area contributed by atoms with E-state index in [1.54, 1.807) is 42.5 Å². The maximum absolute atomic E-state index is 12.5. The number of rotatable bonds is 7. The molecule has 0 atom stereocenters. The van der Waals surface area contributed by atoms with Crippen LogP contribution in [0.3, 0.4) is 0 Å². The molecule has 1 heterocycles. The minimum Gasteiger partial charge on any atom is -0.379 e. The first kappa shape index (κ1) is 20.3. The lowest BCUT2D eigenvalue weighted by Crippen LogP contribution is -2.41. The first-order valence-electron chi connectivity index (χ1n) is 9.22. The van der Waals surface area contributed by atoms with Crippen LogP contribution in [0.1, 0.15) is 15.9 Å². The monoisotopic (exact) mass is 403 g/mol. The Morgan fingerprint density at radius 1 is 1.11 bits per heavy atom. The fourth-order valence-corrected chi connectivity index (χ4v) is 3.96. The van der Waals surface area contributed by atoms with Gasteiger partial charge < -0.3 is 10.1 Å². The summed E-state index contributed by atoms with van der Waals surface area (Å²) in [5.41, 5.74) is 1.74. The maximum Gasteiger partial charge on any atom is 0.261 e. The number of sulfonamides is 1. The molecule has 2 aromatic rings. The number of morpholine rings is 1. The summed E-state index contributed by atoms with van der Waals surface area (Å²) >= 11 is 0. The number of hydrogen-bond acceptors (Lipinski definition) is 5. The summed E-state index contributed by atoms with van der Waals surface area (Å²) in [5.74, 6) is -0.232. The molecule has 7 nitrogen and oxygen atoms in total. The number of aryl methyl sites for hydroxylation is 1. The zero-order valence-corrected chi connectivity index (χ0v) is 16.7. The average Bonchev–Trinajstić information content (AvgIpc) is 2.69. The molecule has 28 heavy (non-hydrogen) atoms. The second kappa shape index (κ2) is 9.18. The minimum absolute atomic E-state index is 0.179. The van der Waals surface area contributed by atoms with Crippen LogP contribution >= 0.6 is 0 Å². The number of ether oxygens (including phenoxy) is 1. The highest BCUT2D eigenvalue weighted by molar-refractivity contribution is 7.92. The highest BCUT2D eigenvalue weighted by Gasteiger charge is 2.15. The summed E-state index contributed by atoms with van der Waals surface area (Å²) in [7, 11) is -3.70. The molecule has 0 saturated carbocycles. The number of nitrogens with zero attached hydrogens (tertiary/aromatic N) is 1. The molecule has 1 aliphatic rings. The fraction of sp³-hybridized carbons (Fsp3) is 0.350. The van der Waals surface area contributed by atoms with Crippen LogP contribution in [-0.2, 0) is 14.8 Å². The SMILES string of the molecule is Cc1ccc(S(=O)(=O)Nc2cccc(C(=O)NCCN3CCOCC3)c2)cc1. The lowest BCUT2D eigenvalue weighted by Gasteiger charge is -2.26. The van der Waals surface area contributed by atoms with Crippen molar-refractivity contribution < 1.29 is 17.9 Å². The number of carbonyl (C=O) groups is 1. The predicted octanol–water partition coefficient (Wildman–Crippen LogP) is 1.86. The van der Waals surface area contributed by atoms with Crippen LogP contribution in [0.5, 0.6) is 0 Å². The minimum atomic E-state index is -3.70. The van der Waals surface area contributed by atoms with Crippen molar-refractivity contribution >= 4 is 21.6 Å². The van der Waals surface area contributed by atoms with Crippen LogP contribution < -0.4 is 10.0 Å². The maximum atomic E-state index is 12.5. The molecular weight excluding hydrogens is 378 g/mol.